The van der Waals surface area contributed by atoms with Crippen molar-refractivity contribution in [1.82, 2.24) is 9.88 Å². The number of nitrogens with one attached hydrogen (secondary N) is 1. The molecule has 0 radical (unpaired) electrons. The number of halogens is 3. The van der Waals surface area contributed by atoms with Crippen LogP contribution in [0.4, 0.5) is 13.2 Å². The van der Waals surface area contributed by atoms with E-state index in [1.54, 1.807) is 18.5 Å². The quantitative estimate of drug-likeness (QED) is 0.892. The maximum Gasteiger partial charge on any atom is 0.416 e. The first-order valence-corrected chi connectivity index (χ1v) is 7.15. The molecule has 7 heteroatoms. The molecule has 2 heterocycles. The van der Waals surface area contributed by atoms with Crippen LogP contribution in [0.15, 0.2) is 42.7 Å². The largest absolute Gasteiger partial charge is 0.416 e. The van der Waals surface area contributed by atoms with Crippen LogP contribution in [0.5, 0.6) is 0 Å². The van der Waals surface area contributed by atoms with E-state index >= 15 is 0 Å². The van der Waals surface area contributed by atoms with Crippen molar-refractivity contribution in [3.63, 3.8) is 0 Å². The maximum atomic E-state index is 12.6. The van der Waals surface area contributed by atoms with E-state index < -0.39 is 23.9 Å². The minimum absolute atomic E-state index is 0.162. The number of rotatable bonds is 2. The first-order chi connectivity index (χ1) is 10.9. The van der Waals surface area contributed by atoms with Gasteiger partial charge in [-0.15, -0.1) is 0 Å². The third-order valence-electron chi connectivity index (χ3n) is 4.01. The van der Waals surface area contributed by atoms with Crippen LogP contribution in [0, 0.1) is 0 Å². The Morgan fingerprint density at radius 3 is 2.48 bits per heavy atom. The summed E-state index contributed by atoms with van der Waals surface area (Å²) in [5.74, 6) is -0.257. The normalized spacial score (nSPS) is 21.7. The van der Waals surface area contributed by atoms with Crippen molar-refractivity contribution in [2.75, 3.05) is 6.54 Å². The first kappa shape index (κ1) is 15.6. The van der Waals surface area contributed by atoms with E-state index in [1.807, 2.05) is 0 Å². The Balaban J connectivity index is 1.86. The second-order valence-electron chi connectivity index (χ2n) is 5.58. The van der Waals surface area contributed by atoms with Gasteiger partial charge in [-0.3, -0.25) is 4.79 Å². The molecule has 1 aliphatic rings. The molecule has 1 fully saturated rings. The second-order valence-corrected chi connectivity index (χ2v) is 5.58. The summed E-state index contributed by atoms with van der Waals surface area (Å²) in [6.45, 7) is 0.162. The number of aliphatic hydroxyl groups is 1. The molecule has 1 aromatic heterocycles. The van der Waals surface area contributed by atoms with Crippen molar-refractivity contribution in [2.24, 2.45) is 0 Å². The highest BCUT2D eigenvalue weighted by Gasteiger charge is 2.36. The van der Waals surface area contributed by atoms with E-state index in [0.29, 0.717) is 17.5 Å². The zero-order chi connectivity index (χ0) is 16.6. The molecule has 1 amide bonds. The van der Waals surface area contributed by atoms with E-state index in [1.165, 1.54) is 17.0 Å². The van der Waals surface area contributed by atoms with Gasteiger partial charge in [0.25, 0.3) is 5.91 Å². The number of aromatic amines is 1. The van der Waals surface area contributed by atoms with Gasteiger partial charge in [0.05, 0.1) is 23.3 Å². The van der Waals surface area contributed by atoms with Crippen LogP contribution in [-0.4, -0.2) is 33.5 Å². The Morgan fingerprint density at radius 1 is 1.22 bits per heavy atom. The minimum Gasteiger partial charge on any atom is -0.391 e. The number of benzene rings is 1. The average molecular weight is 324 g/mol. The number of H-pyrrole nitrogens is 1. The summed E-state index contributed by atoms with van der Waals surface area (Å²) in [6, 6.07) is 5.91. The van der Waals surface area contributed by atoms with Crippen LogP contribution in [0.1, 0.15) is 33.9 Å². The summed E-state index contributed by atoms with van der Waals surface area (Å²) in [7, 11) is 0. The molecule has 0 unspecified atom stereocenters. The Kier molecular flexibility index (Phi) is 3.89. The van der Waals surface area contributed by atoms with Crippen LogP contribution in [0.2, 0.25) is 0 Å². The van der Waals surface area contributed by atoms with Gasteiger partial charge in [-0.1, -0.05) is 12.1 Å². The predicted molar refractivity (Wildman–Crippen MR) is 76.6 cm³/mol. The number of amides is 1. The molecule has 0 saturated carbocycles. The highest BCUT2D eigenvalue weighted by Crippen LogP contribution is 2.35. The molecule has 23 heavy (non-hydrogen) atoms. The molecule has 2 N–H and O–H groups in total. The number of aromatic nitrogens is 1. The summed E-state index contributed by atoms with van der Waals surface area (Å²) in [5.41, 5.74) is 0.303. The fourth-order valence-corrected chi connectivity index (χ4v) is 2.87. The Hall–Kier alpha value is -2.28. The fraction of sp³-hybridized carbons (Fsp3) is 0.312. The van der Waals surface area contributed by atoms with Gasteiger partial charge in [0.15, 0.2) is 0 Å². The lowest BCUT2D eigenvalue weighted by Gasteiger charge is -2.24. The molecule has 3 rings (SSSR count). The molecule has 1 aromatic carbocycles. The summed E-state index contributed by atoms with van der Waals surface area (Å²) in [5, 5.41) is 9.88. The number of alkyl halides is 3. The number of nitrogens with zero attached hydrogens (tertiary/aromatic N) is 1. The summed E-state index contributed by atoms with van der Waals surface area (Å²) in [6.07, 6.45) is -1.61. The van der Waals surface area contributed by atoms with Gasteiger partial charge < -0.3 is 15.0 Å². The molecule has 0 aliphatic carbocycles. The first-order valence-electron chi connectivity index (χ1n) is 7.15. The van der Waals surface area contributed by atoms with Crippen LogP contribution in [0.3, 0.4) is 0 Å². The van der Waals surface area contributed by atoms with E-state index in [0.717, 1.165) is 12.1 Å². The molecule has 2 atom stereocenters. The highest BCUT2D eigenvalue weighted by molar-refractivity contribution is 5.94. The zero-order valence-electron chi connectivity index (χ0n) is 12.0. The van der Waals surface area contributed by atoms with Gasteiger partial charge in [-0.25, -0.2) is 0 Å². The Morgan fingerprint density at radius 2 is 1.91 bits per heavy atom. The van der Waals surface area contributed by atoms with Crippen molar-refractivity contribution in [2.45, 2.75) is 24.7 Å². The lowest BCUT2D eigenvalue weighted by Crippen LogP contribution is -2.31. The van der Waals surface area contributed by atoms with E-state index in [4.69, 9.17) is 0 Å². The van der Waals surface area contributed by atoms with E-state index in [2.05, 4.69) is 4.98 Å². The maximum absolute atomic E-state index is 12.6. The van der Waals surface area contributed by atoms with Crippen molar-refractivity contribution in [3.05, 3.63) is 59.4 Å². The van der Waals surface area contributed by atoms with Gasteiger partial charge in [0, 0.05) is 18.9 Å². The van der Waals surface area contributed by atoms with Crippen LogP contribution < -0.4 is 0 Å². The van der Waals surface area contributed by atoms with Gasteiger partial charge in [0.1, 0.15) is 0 Å². The average Bonchev–Trinajstić information content (AvgIpc) is 3.15. The van der Waals surface area contributed by atoms with Gasteiger partial charge in [0.2, 0.25) is 0 Å². The summed E-state index contributed by atoms with van der Waals surface area (Å²) < 4.78 is 37.9. The van der Waals surface area contributed by atoms with Crippen molar-refractivity contribution >= 4 is 5.91 Å². The number of likely N-dealkylation sites (tertiary alicyclic amines) is 1. The second kappa shape index (κ2) is 5.73. The van der Waals surface area contributed by atoms with E-state index in [-0.39, 0.29) is 12.5 Å². The molecule has 0 spiro atoms. The highest BCUT2D eigenvalue weighted by atomic mass is 19.4. The Bertz CT molecular complexity index is 680. The summed E-state index contributed by atoms with van der Waals surface area (Å²) >= 11 is 0. The third-order valence-corrected chi connectivity index (χ3v) is 4.01. The summed E-state index contributed by atoms with van der Waals surface area (Å²) in [4.78, 5) is 16.8. The SMILES string of the molecule is O=C(c1cc[nH]c1)N1C[C@@H](O)C[C@H]1c1ccc(C(F)(F)F)cc1. The lowest BCUT2D eigenvalue weighted by atomic mass is 10.0. The third kappa shape index (κ3) is 3.10. The van der Waals surface area contributed by atoms with Crippen molar-refractivity contribution in [3.8, 4) is 0 Å². The number of aliphatic hydroxyl groups excluding tert-OH is 1. The zero-order valence-corrected chi connectivity index (χ0v) is 12.0. The van der Waals surface area contributed by atoms with E-state index in [9.17, 15) is 23.1 Å². The number of hydrogen-bond acceptors (Lipinski definition) is 2. The molecule has 2 aromatic rings. The fourth-order valence-electron chi connectivity index (χ4n) is 2.87. The van der Waals surface area contributed by atoms with Gasteiger partial charge in [-0.05, 0) is 30.2 Å². The molecule has 1 aliphatic heterocycles. The van der Waals surface area contributed by atoms with Gasteiger partial charge in [-0.2, -0.15) is 13.2 Å². The number of hydrogen-bond donors (Lipinski definition) is 2. The lowest BCUT2D eigenvalue weighted by molar-refractivity contribution is -0.137. The minimum atomic E-state index is -4.39. The molecule has 1 saturated heterocycles. The number of β-amino-alcohol motifs (C(OH)–C–C–N with tert-alkyl or cyclic N) is 1. The standard InChI is InChI=1S/C16H15F3N2O2/c17-16(18,19)12-3-1-10(2-4-12)14-7-13(22)9-21(14)15(23)11-5-6-20-8-11/h1-6,8,13-14,20,22H,7,9H2/t13-,14-/m0/s1. The molecule has 4 nitrogen and oxygen atoms in total. The van der Waals surface area contributed by atoms with Crippen LogP contribution in [0.25, 0.3) is 0 Å². The van der Waals surface area contributed by atoms with Gasteiger partial charge >= 0.3 is 6.18 Å². The van der Waals surface area contributed by atoms with Crippen molar-refractivity contribution < 1.29 is 23.1 Å². The molecule has 0 bridgehead atoms. The number of carbonyl (C=O) groups is 1. The van der Waals surface area contributed by atoms with Crippen LogP contribution in [-0.2, 0) is 6.18 Å². The smallest absolute Gasteiger partial charge is 0.391 e. The van der Waals surface area contributed by atoms with Crippen LogP contribution >= 0.6 is 0 Å². The topological polar surface area (TPSA) is 56.3 Å². The molecular weight excluding hydrogens is 309 g/mol. The Labute approximate surface area is 130 Å². The predicted octanol–water partition coefficient (Wildman–Crippen LogP) is 2.98. The van der Waals surface area contributed by atoms with Crippen molar-refractivity contribution in [1.29, 1.82) is 0 Å². The molecular formula is C16H15F3N2O2. The monoisotopic (exact) mass is 324 g/mol. The number of carbonyl (C=O) groups excluding carboxylic acids is 1. The molecule has 122 valence electrons.